The van der Waals surface area contributed by atoms with Crippen molar-refractivity contribution < 1.29 is 14.8 Å². The van der Waals surface area contributed by atoms with E-state index in [1.165, 1.54) is 0 Å². The van der Waals surface area contributed by atoms with Crippen molar-refractivity contribution in [2.24, 2.45) is 0 Å². The number of carbonyl (C=O) groups excluding carboxylic acids is 1. The molecule has 0 aliphatic carbocycles. The van der Waals surface area contributed by atoms with E-state index < -0.39 is 7.12 Å². The van der Waals surface area contributed by atoms with Gasteiger partial charge in [-0.2, -0.15) is 0 Å². The number of hydrogen-bond donors (Lipinski definition) is 2. The number of benzene rings is 1. The van der Waals surface area contributed by atoms with E-state index in [9.17, 15) is 4.79 Å². The third kappa shape index (κ3) is 1.76. The fourth-order valence-electron chi connectivity index (χ4n) is 1.84. The second-order valence-electron chi connectivity index (χ2n) is 3.71. The molecule has 1 heterocycles. The van der Waals surface area contributed by atoms with Crippen LogP contribution in [0.25, 0.3) is 0 Å². The largest absolute Gasteiger partial charge is 0.488 e. The van der Waals surface area contributed by atoms with Gasteiger partial charge in [-0.15, -0.1) is 0 Å². The number of rotatable bonds is 1. The number of anilines is 1. The molecule has 1 aromatic rings. The summed E-state index contributed by atoms with van der Waals surface area (Å²) in [6.45, 7) is 0. The average molecular weight is 205 g/mol. The molecule has 1 aliphatic rings. The molecule has 78 valence electrons. The van der Waals surface area contributed by atoms with Gasteiger partial charge in [0.1, 0.15) is 0 Å². The van der Waals surface area contributed by atoms with E-state index in [1.54, 1.807) is 30.1 Å². The first-order valence-electron chi connectivity index (χ1n) is 4.85. The Hall–Kier alpha value is -1.33. The van der Waals surface area contributed by atoms with Crippen molar-refractivity contribution in [1.82, 2.24) is 0 Å². The molecule has 2 N–H and O–H groups in total. The Bertz CT molecular complexity index is 406. The lowest BCUT2D eigenvalue weighted by Gasteiger charge is -2.26. The fraction of sp³-hybridized carbons (Fsp3) is 0.300. The SMILES string of the molecule is CN1C(=O)CCc2cc(B(O)O)ccc21. The first kappa shape index (κ1) is 10.2. The Morgan fingerprint density at radius 1 is 1.33 bits per heavy atom. The highest BCUT2D eigenvalue weighted by atomic mass is 16.4. The van der Waals surface area contributed by atoms with Gasteiger partial charge in [-0.3, -0.25) is 4.79 Å². The van der Waals surface area contributed by atoms with E-state index in [1.807, 2.05) is 0 Å². The zero-order valence-corrected chi connectivity index (χ0v) is 8.47. The van der Waals surface area contributed by atoms with Crippen LogP contribution in [0.5, 0.6) is 0 Å². The minimum atomic E-state index is -1.45. The number of aryl methyl sites for hydroxylation is 1. The van der Waals surface area contributed by atoms with Crippen LogP contribution in [0.4, 0.5) is 5.69 Å². The molecule has 4 nitrogen and oxygen atoms in total. The quantitative estimate of drug-likeness (QED) is 0.594. The molecule has 15 heavy (non-hydrogen) atoms. The van der Waals surface area contributed by atoms with Crippen molar-refractivity contribution >= 4 is 24.2 Å². The standard InChI is InChI=1S/C10H12BNO3/c1-12-9-4-3-8(11(14)15)6-7(9)2-5-10(12)13/h3-4,6,14-15H,2,5H2,1H3. The summed E-state index contributed by atoms with van der Waals surface area (Å²) in [7, 11) is 0.285. The van der Waals surface area contributed by atoms with Gasteiger partial charge in [-0.25, -0.2) is 0 Å². The first-order chi connectivity index (χ1) is 7.09. The first-order valence-corrected chi connectivity index (χ1v) is 4.85. The van der Waals surface area contributed by atoms with Gasteiger partial charge >= 0.3 is 7.12 Å². The second kappa shape index (κ2) is 3.68. The summed E-state index contributed by atoms with van der Waals surface area (Å²) in [5, 5.41) is 18.0. The van der Waals surface area contributed by atoms with Crippen LogP contribution >= 0.6 is 0 Å². The van der Waals surface area contributed by atoms with Crippen molar-refractivity contribution in [3.63, 3.8) is 0 Å². The summed E-state index contributed by atoms with van der Waals surface area (Å²) < 4.78 is 0. The maximum absolute atomic E-state index is 11.4. The Kier molecular flexibility index (Phi) is 2.50. The van der Waals surface area contributed by atoms with Gasteiger partial charge in [0.15, 0.2) is 0 Å². The Morgan fingerprint density at radius 3 is 2.73 bits per heavy atom. The topological polar surface area (TPSA) is 60.8 Å². The lowest BCUT2D eigenvalue weighted by atomic mass is 9.78. The van der Waals surface area contributed by atoms with Crippen LogP contribution in [0.1, 0.15) is 12.0 Å². The summed E-state index contributed by atoms with van der Waals surface area (Å²) in [5.74, 6) is 0.0970. The maximum Gasteiger partial charge on any atom is 0.488 e. The summed E-state index contributed by atoms with van der Waals surface area (Å²) in [6, 6.07) is 5.11. The van der Waals surface area contributed by atoms with Crippen LogP contribution in [0, 0.1) is 0 Å². The molecule has 5 heteroatoms. The van der Waals surface area contributed by atoms with Crippen LogP contribution in [0.2, 0.25) is 0 Å². The van der Waals surface area contributed by atoms with Crippen molar-refractivity contribution in [1.29, 1.82) is 0 Å². The Balaban J connectivity index is 2.42. The molecular weight excluding hydrogens is 193 g/mol. The molecule has 2 rings (SSSR count). The summed E-state index contributed by atoms with van der Waals surface area (Å²) >= 11 is 0. The van der Waals surface area contributed by atoms with E-state index in [4.69, 9.17) is 10.0 Å². The van der Waals surface area contributed by atoms with Crippen molar-refractivity contribution in [2.75, 3.05) is 11.9 Å². The molecule has 1 aromatic carbocycles. The third-order valence-corrected chi connectivity index (χ3v) is 2.75. The molecule has 0 spiro atoms. The zero-order chi connectivity index (χ0) is 11.0. The molecule has 0 saturated carbocycles. The number of carbonyl (C=O) groups is 1. The smallest absolute Gasteiger partial charge is 0.423 e. The van der Waals surface area contributed by atoms with Crippen molar-refractivity contribution in [3.8, 4) is 0 Å². The number of nitrogens with zero attached hydrogens (tertiary/aromatic N) is 1. The molecule has 0 atom stereocenters. The van der Waals surface area contributed by atoms with E-state index >= 15 is 0 Å². The molecule has 0 radical (unpaired) electrons. The number of fused-ring (bicyclic) bond motifs is 1. The van der Waals surface area contributed by atoms with Crippen molar-refractivity contribution in [2.45, 2.75) is 12.8 Å². The normalized spacial score (nSPS) is 15.1. The predicted molar refractivity (Wildman–Crippen MR) is 58.0 cm³/mol. The number of amides is 1. The minimum absolute atomic E-state index is 0.0970. The second-order valence-corrected chi connectivity index (χ2v) is 3.71. The Morgan fingerprint density at radius 2 is 2.07 bits per heavy atom. The molecule has 1 amide bonds. The van der Waals surface area contributed by atoms with Gasteiger partial charge in [0.2, 0.25) is 5.91 Å². The van der Waals surface area contributed by atoms with Gasteiger partial charge in [-0.05, 0) is 23.5 Å². The van der Waals surface area contributed by atoms with Gasteiger partial charge in [0, 0.05) is 19.2 Å². The van der Waals surface area contributed by atoms with E-state index in [0.717, 1.165) is 11.3 Å². The van der Waals surface area contributed by atoms with E-state index in [0.29, 0.717) is 18.3 Å². The lowest BCUT2D eigenvalue weighted by Crippen LogP contribution is -2.34. The van der Waals surface area contributed by atoms with Crippen LogP contribution < -0.4 is 10.4 Å². The third-order valence-electron chi connectivity index (χ3n) is 2.75. The summed E-state index contributed by atoms with van der Waals surface area (Å²) in [6.07, 6.45) is 1.15. The molecule has 0 bridgehead atoms. The van der Waals surface area contributed by atoms with E-state index in [-0.39, 0.29) is 5.91 Å². The fourth-order valence-corrected chi connectivity index (χ4v) is 1.84. The molecule has 1 aliphatic heterocycles. The van der Waals surface area contributed by atoms with Gasteiger partial charge in [0.05, 0.1) is 0 Å². The van der Waals surface area contributed by atoms with Crippen LogP contribution in [-0.4, -0.2) is 30.1 Å². The van der Waals surface area contributed by atoms with Gasteiger partial charge in [0.25, 0.3) is 0 Å². The van der Waals surface area contributed by atoms with Crippen LogP contribution in [0.3, 0.4) is 0 Å². The monoisotopic (exact) mass is 205 g/mol. The van der Waals surface area contributed by atoms with Crippen molar-refractivity contribution in [3.05, 3.63) is 23.8 Å². The molecule has 0 fully saturated rings. The van der Waals surface area contributed by atoms with E-state index in [2.05, 4.69) is 0 Å². The molecule has 0 saturated heterocycles. The lowest BCUT2D eigenvalue weighted by molar-refractivity contribution is -0.118. The molecule has 0 aromatic heterocycles. The minimum Gasteiger partial charge on any atom is -0.423 e. The van der Waals surface area contributed by atoms with Gasteiger partial charge < -0.3 is 14.9 Å². The number of hydrogen-bond acceptors (Lipinski definition) is 3. The van der Waals surface area contributed by atoms with Crippen LogP contribution in [-0.2, 0) is 11.2 Å². The maximum atomic E-state index is 11.4. The van der Waals surface area contributed by atoms with Gasteiger partial charge in [-0.1, -0.05) is 12.1 Å². The summed E-state index contributed by atoms with van der Waals surface area (Å²) in [4.78, 5) is 13.0. The molecule has 0 unspecified atom stereocenters. The average Bonchev–Trinajstić information content (AvgIpc) is 2.23. The predicted octanol–water partition coefficient (Wildman–Crippen LogP) is -0.725. The molecular formula is C10H12BNO3. The zero-order valence-electron chi connectivity index (χ0n) is 8.47. The summed E-state index contributed by atoms with van der Waals surface area (Å²) in [5.41, 5.74) is 2.31. The highest BCUT2D eigenvalue weighted by molar-refractivity contribution is 6.58. The highest BCUT2D eigenvalue weighted by Gasteiger charge is 2.22. The Labute approximate surface area is 88.3 Å². The van der Waals surface area contributed by atoms with Crippen LogP contribution in [0.15, 0.2) is 18.2 Å². The highest BCUT2D eigenvalue weighted by Crippen LogP contribution is 2.25.